The lowest BCUT2D eigenvalue weighted by Gasteiger charge is -2.11. The van der Waals surface area contributed by atoms with Gasteiger partial charge >= 0.3 is 0 Å². The van der Waals surface area contributed by atoms with Crippen LogP contribution in [0.3, 0.4) is 0 Å². The topological polar surface area (TPSA) is 73.2 Å². The van der Waals surface area contributed by atoms with E-state index >= 15 is 0 Å². The summed E-state index contributed by atoms with van der Waals surface area (Å²) < 4.78 is 10.6. The molecule has 0 radical (unpaired) electrons. The Hall–Kier alpha value is -2.17. The third kappa shape index (κ3) is 1.90. The summed E-state index contributed by atoms with van der Waals surface area (Å²) in [5.41, 5.74) is 9.97. The van der Waals surface area contributed by atoms with E-state index in [0.29, 0.717) is 23.1 Å². The highest BCUT2D eigenvalue weighted by Gasteiger charge is 2.24. The van der Waals surface area contributed by atoms with E-state index in [9.17, 15) is 0 Å². The number of hydrogen-bond donors (Lipinski definition) is 2. The number of nitrogens with zero attached hydrogens (tertiary/aromatic N) is 1. The van der Waals surface area contributed by atoms with Gasteiger partial charge in [-0.15, -0.1) is 0 Å². The van der Waals surface area contributed by atoms with Gasteiger partial charge in [0.1, 0.15) is 5.82 Å². The van der Waals surface area contributed by atoms with Crippen LogP contribution in [-0.4, -0.2) is 24.2 Å². The number of H-pyrrole nitrogens is 1. The quantitative estimate of drug-likeness (QED) is 0.843. The lowest BCUT2D eigenvalue weighted by Crippen LogP contribution is -1.97. The van der Waals surface area contributed by atoms with Gasteiger partial charge in [0.05, 0.1) is 19.9 Å². The minimum atomic E-state index is 0.511. The fraction of sp³-hybridized carbons (Fsp3) is 0.400. The van der Waals surface area contributed by atoms with Crippen molar-refractivity contribution in [1.82, 2.24) is 9.97 Å². The molecule has 1 aromatic carbocycles. The van der Waals surface area contributed by atoms with Gasteiger partial charge < -0.3 is 20.2 Å². The molecule has 0 fully saturated rings. The minimum absolute atomic E-state index is 0.511. The van der Waals surface area contributed by atoms with E-state index in [4.69, 9.17) is 20.2 Å². The van der Waals surface area contributed by atoms with Crippen LogP contribution >= 0.6 is 0 Å². The second kappa shape index (κ2) is 4.74. The van der Waals surface area contributed by atoms with Crippen molar-refractivity contribution in [3.8, 4) is 22.9 Å². The molecule has 20 heavy (non-hydrogen) atoms. The van der Waals surface area contributed by atoms with Crippen LogP contribution in [0.2, 0.25) is 0 Å². The van der Waals surface area contributed by atoms with Crippen LogP contribution in [0.4, 0.5) is 5.69 Å². The second-order valence-electron chi connectivity index (χ2n) is 5.18. The highest BCUT2D eigenvalue weighted by atomic mass is 16.5. The highest BCUT2D eigenvalue weighted by molar-refractivity contribution is 5.76. The monoisotopic (exact) mass is 273 g/mol. The van der Waals surface area contributed by atoms with Gasteiger partial charge in [-0.05, 0) is 18.9 Å². The number of ether oxygens (including phenoxy) is 2. The van der Waals surface area contributed by atoms with E-state index < -0.39 is 0 Å². The molecule has 3 N–H and O–H groups in total. The molecule has 1 aliphatic rings. The van der Waals surface area contributed by atoms with E-state index in [2.05, 4.69) is 11.9 Å². The maximum absolute atomic E-state index is 6.11. The van der Waals surface area contributed by atoms with Crippen molar-refractivity contribution in [3.05, 3.63) is 23.5 Å². The number of rotatable bonds is 3. The molecule has 1 unspecified atom stereocenters. The van der Waals surface area contributed by atoms with Crippen molar-refractivity contribution in [2.45, 2.75) is 25.7 Å². The van der Waals surface area contributed by atoms with E-state index in [0.717, 1.165) is 29.9 Å². The van der Waals surface area contributed by atoms with Gasteiger partial charge in [0.25, 0.3) is 0 Å². The van der Waals surface area contributed by atoms with Gasteiger partial charge in [-0.25, -0.2) is 4.98 Å². The second-order valence-corrected chi connectivity index (χ2v) is 5.18. The first kappa shape index (κ1) is 12.8. The number of aryl methyl sites for hydroxylation is 1. The Balaban J connectivity index is 2.08. The molecular formula is C15H19N3O2. The Labute approximate surface area is 118 Å². The predicted octanol–water partition coefficient (Wildman–Crippen LogP) is 2.73. The number of nitrogen functional groups attached to an aromatic ring is 1. The summed E-state index contributed by atoms with van der Waals surface area (Å²) in [5, 5.41) is 0. The zero-order chi connectivity index (χ0) is 14.3. The van der Waals surface area contributed by atoms with Crippen molar-refractivity contribution in [3.63, 3.8) is 0 Å². The Morgan fingerprint density at radius 2 is 1.95 bits per heavy atom. The molecule has 3 rings (SSSR count). The summed E-state index contributed by atoms with van der Waals surface area (Å²) in [5.74, 6) is 2.60. The first-order valence-electron chi connectivity index (χ1n) is 6.74. The average Bonchev–Trinajstić information content (AvgIpc) is 3.01. The number of fused-ring (bicyclic) bond motifs is 1. The van der Waals surface area contributed by atoms with Gasteiger partial charge in [-0.1, -0.05) is 6.92 Å². The standard InChI is InChI=1S/C15H19N3O2/c1-8-4-5-11-14(8)18-15(17-11)9-6-12(19-2)13(20-3)7-10(9)16/h6-8H,4-5,16H2,1-3H3,(H,17,18). The lowest BCUT2D eigenvalue weighted by molar-refractivity contribution is 0.355. The molecule has 0 aliphatic heterocycles. The zero-order valence-electron chi connectivity index (χ0n) is 12.0. The van der Waals surface area contributed by atoms with Crippen LogP contribution in [0, 0.1) is 0 Å². The molecular weight excluding hydrogens is 254 g/mol. The summed E-state index contributed by atoms with van der Waals surface area (Å²) in [6.07, 6.45) is 2.21. The Morgan fingerprint density at radius 1 is 1.25 bits per heavy atom. The molecule has 0 saturated carbocycles. The Morgan fingerprint density at radius 3 is 2.60 bits per heavy atom. The molecule has 1 heterocycles. The first-order chi connectivity index (χ1) is 9.63. The number of hydrogen-bond acceptors (Lipinski definition) is 4. The van der Waals surface area contributed by atoms with Crippen molar-refractivity contribution in [2.75, 3.05) is 20.0 Å². The van der Waals surface area contributed by atoms with Crippen LogP contribution < -0.4 is 15.2 Å². The number of methoxy groups -OCH3 is 2. The third-order valence-corrected chi connectivity index (χ3v) is 3.92. The van der Waals surface area contributed by atoms with Crippen LogP contribution in [0.1, 0.15) is 30.7 Å². The summed E-state index contributed by atoms with van der Waals surface area (Å²) in [4.78, 5) is 8.08. The molecule has 106 valence electrons. The molecule has 5 nitrogen and oxygen atoms in total. The van der Waals surface area contributed by atoms with Crippen molar-refractivity contribution in [2.24, 2.45) is 0 Å². The number of imidazole rings is 1. The van der Waals surface area contributed by atoms with E-state index in [1.807, 2.05) is 6.07 Å². The Kier molecular flexibility index (Phi) is 3.04. The number of nitrogens with two attached hydrogens (primary N) is 1. The van der Waals surface area contributed by atoms with Gasteiger partial charge in [-0.2, -0.15) is 0 Å². The number of benzene rings is 1. The maximum Gasteiger partial charge on any atom is 0.162 e. The molecule has 1 atom stereocenters. The van der Waals surface area contributed by atoms with Crippen LogP contribution in [0.5, 0.6) is 11.5 Å². The van der Waals surface area contributed by atoms with E-state index in [1.54, 1.807) is 20.3 Å². The Bertz CT molecular complexity index is 649. The smallest absolute Gasteiger partial charge is 0.162 e. The number of nitrogens with one attached hydrogen (secondary N) is 1. The lowest BCUT2D eigenvalue weighted by atomic mass is 10.1. The van der Waals surface area contributed by atoms with E-state index in [-0.39, 0.29) is 0 Å². The van der Waals surface area contributed by atoms with E-state index in [1.165, 1.54) is 5.69 Å². The van der Waals surface area contributed by atoms with Crippen LogP contribution in [-0.2, 0) is 6.42 Å². The largest absolute Gasteiger partial charge is 0.493 e. The fourth-order valence-corrected chi connectivity index (χ4v) is 2.75. The molecule has 0 spiro atoms. The normalized spacial score (nSPS) is 17.1. The SMILES string of the molecule is COc1cc(N)c(-c2nc3c([nH]2)CCC3C)cc1OC. The molecule has 2 aromatic rings. The number of aromatic nitrogens is 2. The molecule has 1 aliphatic carbocycles. The molecule has 0 saturated heterocycles. The predicted molar refractivity (Wildman–Crippen MR) is 78.3 cm³/mol. The molecule has 0 amide bonds. The van der Waals surface area contributed by atoms with Gasteiger partial charge in [0.15, 0.2) is 11.5 Å². The van der Waals surface area contributed by atoms with Crippen LogP contribution in [0.15, 0.2) is 12.1 Å². The summed E-state index contributed by atoms with van der Waals surface area (Å²) in [6.45, 7) is 2.20. The summed E-state index contributed by atoms with van der Waals surface area (Å²) in [7, 11) is 3.21. The van der Waals surface area contributed by atoms with Crippen molar-refractivity contribution >= 4 is 5.69 Å². The fourth-order valence-electron chi connectivity index (χ4n) is 2.75. The molecule has 0 bridgehead atoms. The highest BCUT2D eigenvalue weighted by Crippen LogP contribution is 2.38. The van der Waals surface area contributed by atoms with Gasteiger partial charge in [0.2, 0.25) is 0 Å². The number of aromatic amines is 1. The summed E-state index contributed by atoms with van der Waals surface area (Å²) >= 11 is 0. The maximum atomic E-state index is 6.11. The average molecular weight is 273 g/mol. The minimum Gasteiger partial charge on any atom is -0.493 e. The zero-order valence-corrected chi connectivity index (χ0v) is 12.0. The molecule has 5 heteroatoms. The van der Waals surface area contributed by atoms with Crippen LogP contribution in [0.25, 0.3) is 11.4 Å². The number of anilines is 1. The van der Waals surface area contributed by atoms with Gasteiger partial charge in [-0.3, -0.25) is 0 Å². The first-order valence-corrected chi connectivity index (χ1v) is 6.74. The molecule has 1 aromatic heterocycles. The van der Waals surface area contributed by atoms with Gasteiger partial charge in [0, 0.05) is 28.9 Å². The third-order valence-electron chi connectivity index (χ3n) is 3.92. The van der Waals surface area contributed by atoms with Crippen molar-refractivity contribution < 1.29 is 9.47 Å². The summed E-state index contributed by atoms with van der Waals surface area (Å²) in [6, 6.07) is 3.64. The van der Waals surface area contributed by atoms with Crippen molar-refractivity contribution in [1.29, 1.82) is 0 Å².